The van der Waals surface area contributed by atoms with Crippen molar-refractivity contribution in [2.75, 3.05) is 0 Å². The molecular formula is C17H26N4O3. The van der Waals surface area contributed by atoms with E-state index in [9.17, 15) is 9.59 Å². The molecule has 2 fully saturated rings. The molecule has 3 rings (SSSR count). The van der Waals surface area contributed by atoms with Crippen molar-refractivity contribution in [3.8, 4) is 0 Å². The molecule has 0 spiro atoms. The monoisotopic (exact) mass is 334 g/mol. The van der Waals surface area contributed by atoms with Crippen LogP contribution in [0, 0.1) is 0 Å². The van der Waals surface area contributed by atoms with E-state index in [1.54, 1.807) is 0 Å². The van der Waals surface area contributed by atoms with E-state index >= 15 is 0 Å². The molecule has 0 bridgehead atoms. The van der Waals surface area contributed by atoms with Crippen LogP contribution in [0.25, 0.3) is 0 Å². The topological polar surface area (TPSA) is 97.1 Å². The molecule has 7 heteroatoms. The summed E-state index contributed by atoms with van der Waals surface area (Å²) in [5, 5.41) is 10.1. The zero-order valence-corrected chi connectivity index (χ0v) is 14.3. The van der Waals surface area contributed by atoms with Gasteiger partial charge in [-0.05, 0) is 25.7 Å². The van der Waals surface area contributed by atoms with Gasteiger partial charge in [0.2, 0.25) is 17.7 Å². The average Bonchev–Trinajstić information content (AvgIpc) is 3.26. The Morgan fingerprint density at radius 1 is 1.21 bits per heavy atom. The van der Waals surface area contributed by atoms with E-state index in [1.165, 1.54) is 6.92 Å². The molecule has 1 aromatic heterocycles. The molecule has 0 atom stereocenters. The largest absolute Gasteiger partial charge is 0.353 e. The van der Waals surface area contributed by atoms with Crippen molar-refractivity contribution >= 4 is 11.8 Å². The number of nitrogens with zero attached hydrogens (tertiary/aromatic N) is 2. The van der Waals surface area contributed by atoms with E-state index < -0.39 is 5.54 Å². The summed E-state index contributed by atoms with van der Waals surface area (Å²) < 4.78 is 5.34. The Balaban J connectivity index is 1.65. The van der Waals surface area contributed by atoms with Gasteiger partial charge in [0, 0.05) is 25.8 Å². The van der Waals surface area contributed by atoms with Crippen LogP contribution in [0.15, 0.2) is 4.52 Å². The van der Waals surface area contributed by atoms with Gasteiger partial charge in [0.1, 0.15) is 5.54 Å². The quantitative estimate of drug-likeness (QED) is 0.775. The molecular weight excluding hydrogens is 308 g/mol. The lowest BCUT2D eigenvalue weighted by molar-refractivity contribution is -0.122. The van der Waals surface area contributed by atoms with Crippen LogP contribution in [0.2, 0.25) is 0 Å². The molecule has 1 aromatic rings. The minimum Gasteiger partial charge on any atom is -0.353 e. The fraction of sp³-hybridized carbons (Fsp3) is 0.765. The van der Waals surface area contributed by atoms with Gasteiger partial charge in [0.05, 0.1) is 0 Å². The van der Waals surface area contributed by atoms with Gasteiger partial charge in [-0.3, -0.25) is 9.59 Å². The van der Waals surface area contributed by atoms with Crippen LogP contribution in [-0.4, -0.2) is 28.0 Å². The first kappa shape index (κ1) is 16.9. The number of nitrogens with one attached hydrogen (secondary N) is 2. The average molecular weight is 334 g/mol. The van der Waals surface area contributed by atoms with Crippen LogP contribution in [0.1, 0.15) is 76.4 Å². The van der Waals surface area contributed by atoms with Crippen LogP contribution >= 0.6 is 0 Å². The third-order valence-corrected chi connectivity index (χ3v) is 4.78. The van der Waals surface area contributed by atoms with Gasteiger partial charge in [0.25, 0.3) is 0 Å². The predicted octanol–water partition coefficient (Wildman–Crippen LogP) is 1.97. The molecule has 2 saturated carbocycles. The fourth-order valence-corrected chi connectivity index (χ4v) is 3.37. The second kappa shape index (κ2) is 7.32. The van der Waals surface area contributed by atoms with Crippen LogP contribution in [0.5, 0.6) is 0 Å². The number of aryl methyl sites for hydroxylation is 1. The third-order valence-electron chi connectivity index (χ3n) is 4.78. The first-order valence-electron chi connectivity index (χ1n) is 8.99. The number of hydrogen-bond acceptors (Lipinski definition) is 5. The zero-order valence-electron chi connectivity index (χ0n) is 14.3. The summed E-state index contributed by atoms with van der Waals surface area (Å²) in [5.74, 6) is 0.970. The van der Waals surface area contributed by atoms with Crippen LogP contribution in [0.4, 0.5) is 0 Å². The molecule has 0 radical (unpaired) electrons. The Labute approximate surface area is 142 Å². The van der Waals surface area contributed by atoms with Gasteiger partial charge in [-0.15, -0.1) is 0 Å². The maximum atomic E-state index is 11.8. The van der Waals surface area contributed by atoms with Gasteiger partial charge < -0.3 is 15.2 Å². The minimum absolute atomic E-state index is 0.0308. The van der Waals surface area contributed by atoms with E-state index in [4.69, 9.17) is 4.52 Å². The lowest BCUT2D eigenvalue weighted by atomic mass is 9.89. The maximum absolute atomic E-state index is 11.8. The SMILES string of the molecule is CC(=O)NC1(c2noc(CCC(=O)NC3CC3)n2)CCCCCC1. The van der Waals surface area contributed by atoms with Gasteiger partial charge >= 0.3 is 0 Å². The lowest BCUT2D eigenvalue weighted by Gasteiger charge is -2.30. The molecule has 0 aromatic carbocycles. The lowest BCUT2D eigenvalue weighted by Crippen LogP contribution is -2.45. The molecule has 24 heavy (non-hydrogen) atoms. The number of hydrogen-bond donors (Lipinski definition) is 2. The maximum Gasteiger partial charge on any atom is 0.227 e. The summed E-state index contributed by atoms with van der Waals surface area (Å²) >= 11 is 0. The van der Waals surface area contributed by atoms with E-state index in [2.05, 4.69) is 20.8 Å². The van der Waals surface area contributed by atoms with Crippen LogP contribution in [-0.2, 0) is 21.5 Å². The second-order valence-corrected chi connectivity index (χ2v) is 7.03. The molecule has 1 heterocycles. The number of aromatic nitrogens is 2. The van der Waals surface area contributed by atoms with Crippen molar-refractivity contribution < 1.29 is 14.1 Å². The van der Waals surface area contributed by atoms with Crippen molar-refractivity contribution in [2.45, 2.75) is 82.7 Å². The van der Waals surface area contributed by atoms with Crippen molar-refractivity contribution in [1.29, 1.82) is 0 Å². The predicted molar refractivity (Wildman–Crippen MR) is 87.0 cm³/mol. The zero-order chi connectivity index (χ0) is 17.0. The first-order chi connectivity index (χ1) is 11.6. The Bertz CT molecular complexity index is 586. The van der Waals surface area contributed by atoms with E-state index in [0.29, 0.717) is 30.6 Å². The Morgan fingerprint density at radius 3 is 2.54 bits per heavy atom. The highest BCUT2D eigenvalue weighted by Crippen LogP contribution is 2.34. The van der Waals surface area contributed by atoms with Gasteiger partial charge in [-0.1, -0.05) is 30.8 Å². The van der Waals surface area contributed by atoms with E-state index in [-0.39, 0.29) is 11.8 Å². The van der Waals surface area contributed by atoms with Gasteiger partial charge in [-0.2, -0.15) is 4.98 Å². The van der Waals surface area contributed by atoms with Gasteiger partial charge in [0.15, 0.2) is 5.82 Å². The smallest absolute Gasteiger partial charge is 0.227 e. The summed E-state index contributed by atoms with van der Waals surface area (Å²) in [4.78, 5) is 27.9. The minimum atomic E-state index is -0.527. The molecule has 2 amide bonds. The summed E-state index contributed by atoms with van der Waals surface area (Å²) in [6, 6.07) is 0.366. The Morgan fingerprint density at radius 2 is 1.92 bits per heavy atom. The summed E-state index contributed by atoms with van der Waals surface area (Å²) in [6.45, 7) is 1.52. The summed E-state index contributed by atoms with van der Waals surface area (Å²) in [7, 11) is 0. The van der Waals surface area contributed by atoms with Crippen molar-refractivity contribution in [1.82, 2.24) is 20.8 Å². The number of amides is 2. The number of carbonyl (C=O) groups excluding carboxylic acids is 2. The third kappa shape index (κ3) is 4.33. The number of rotatable bonds is 6. The highest BCUT2D eigenvalue weighted by Gasteiger charge is 2.38. The van der Waals surface area contributed by atoms with Crippen molar-refractivity contribution in [3.05, 3.63) is 11.7 Å². The van der Waals surface area contributed by atoms with Crippen LogP contribution < -0.4 is 10.6 Å². The fourth-order valence-electron chi connectivity index (χ4n) is 3.37. The van der Waals surface area contributed by atoms with E-state index in [0.717, 1.165) is 51.4 Å². The molecule has 0 saturated heterocycles. The molecule has 0 aliphatic heterocycles. The molecule has 2 aliphatic rings. The summed E-state index contributed by atoms with van der Waals surface area (Å²) in [5.41, 5.74) is -0.527. The summed E-state index contributed by atoms with van der Waals surface area (Å²) in [6.07, 6.45) is 8.99. The molecule has 2 aliphatic carbocycles. The Kier molecular flexibility index (Phi) is 5.16. The number of carbonyl (C=O) groups is 2. The van der Waals surface area contributed by atoms with Crippen molar-refractivity contribution in [2.24, 2.45) is 0 Å². The highest BCUT2D eigenvalue weighted by atomic mass is 16.5. The first-order valence-corrected chi connectivity index (χ1v) is 8.99. The standard InChI is InChI=1S/C17H26N4O3/c1-12(22)20-17(10-4-2-3-5-11-17)16-19-15(24-21-16)9-8-14(23)18-13-6-7-13/h13H,2-11H2,1H3,(H,18,23)(H,20,22). The highest BCUT2D eigenvalue weighted by molar-refractivity contribution is 5.76. The normalized spacial score (nSPS) is 20.2. The molecule has 7 nitrogen and oxygen atoms in total. The van der Waals surface area contributed by atoms with Crippen LogP contribution in [0.3, 0.4) is 0 Å². The molecule has 2 N–H and O–H groups in total. The van der Waals surface area contributed by atoms with E-state index in [1.807, 2.05) is 0 Å². The Hall–Kier alpha value is -1.92. The molecule has 132 valence electrons. The second-order valence-electron chi connectivity index (χ2n) is 7.03. The van der Waals surface area contributed by atoms with Gasteiger partial charge in [-0.25, -0.2) is 0 Å². The molecule has 0 unspecified atom stereocenters. The van der Waals surface area contributed by atoms with Crippen molar-refractivity contribution in [3.63, 3.8) is 0 Å².